The maximum absolute atomic E-state index is 12.8. The highest BCUT2D eigenvalue weighted by Crippen LogP contribution is 2.43. The molecule has 0 N–H and O–H groups in total. The molecule has 4 rings (SSSR count). The quantitative estimate of drug-likeness (QED) is 0.266. The lowest BCUT2D eigenvalue weighted by Crippen LogP contribution is -2.33. The second kappa shape index (κ2) is 9.50. The van der Waals surface area contributed by atoms with E-state index in [0.29, 0.717) is 16.3 Å². The molecule has 1 heterocycles. The van der Waals surface area contributed by atoms with Crippen LogP contribution in [0.5, 0.6) is 0 Å². The SMILES string of the molecule is COC(=O)C1(c2ccc(SCc3sc(-c4ccc(C(F)(F)F)cc4)nc3C)cc2)CCCC1. The summed E-state index contributed by atoms with van der Waals surface area (Å²) in [4.78, 5) is 19.2. The summed E-state index contributed by atoms with van der Waals surface area (Å²) in [7, 11) is 1.45. The van der Waals surface area contributed by atoms with E-state index in [9.17, 15) is 18.0 Å². The number of carbonyl (C=O) groups excluding carboxylic acids is 1. The summed E-state index contributed by atoms with van der Waals surface area (Å²) in [6.45, 7) is 1.92. The fourth-order valence-electron chi connectivity index (χ4n) is 4.29. The van der Waals surface area contributed by atoms with E-state index >= 15 is 0 Å². The van der Waals surface area contributed by atoms with Crippen molar-refractivity contribution in [1.82, 2.24) is 4.98 Å². The van der Waals surface area contributed by atoms with Crippen LogP contribution in [0, 0.1) is 6.92 Å². The minimum absolute atomic E-state index is 0.156. The first-order valence-corrected chi connectivity index (χ1v) is 12.5. The summed E-state index contributed by atoms with van der Waals surface area (Å²) in [5.41, 5.74) is 1.39. The second-order valence-corrected chi connectivity index (χ2v) is 10.3. The number of alkyl halides is 3. The van der Waals surface area contributed by atoms with E-state index in [1.54, 1.807) is 11.8 Å². The highest BCUT2D eigenvalue weighted by Gasteiger charge is 2.43. The van der Waals surface area contributed by atoms with Gasteiger partial charge in [-0.3, -0.25) is 4.79 Å². The zero-order chi connectivity index (χ0) is 23.6. The Morgan fingerprint density at radius 2 is 1.73 bits per heavy atom. The molecule has 0 unspecified atom stereocenters. The molecule has 1 aromatic heterocycles. The number of thioether (sulfide) groups is 1. The van der Waals surface area contributed by atoms with Crippen molar-refractivity contribution in [2.75, 3.05) is 7.11 Å². The Kier molecular flexibility index (Phi) is 6.86. The van der Waals surface area contributed by atoms with Gasteiger partial charge in [-0.1, -0.05) is 37.1 Å². The minimum Gasteiger partial charge on any atom is -0.468 e. The number of aromatic nitrogens is 1. The Morgan fingerprint density at radius 3 is 2.30 bits per heavy atom. The number of rotatable bonds is 6. The van der Waals surface area contributed by atoms with E-state index in [0.717, 1.165) is 58.8 Å². The fraction of sp³-hybridized carbons (Fsp3) is 0.360. The van der Waals surface area contributed by atoms with Gasteiger partial charge in [-0.15, -0.1) is 23.1 Å². The summed E-state index contributed by atoms with van der Waals surface area (Å²) in [5.74, 6) is 0.558. The van der Waals surface area contributed by atoms with Crippen molar-refractivity contribution in [3.8, 4) is 10.6 Å². The number of carbonyl (C=O) groups is 1. The van der Waals surface area contributed by atoms with Crippen molar-refractivity contribution >= 4 is 29.1 Å². The predicted molar refractivity (Wildman–Crippen MR) is 125 cm³/mol. The average Bonchev–Trinajstić information content (AvgIpc) is 3.45. The van der Waals surface area contributed by atoms with Crippen LogP contribution in [0.2, 0.25) is 0 Å². The number of halogens is 3. The van der Waals surface area contributed by atoms with Crippen LogP contribution >= 0.6 is 23.1 Å². The maximum Gasteiger partial charge on any atom is 0.416 e. The molecule has 0 spiro atoms. The molecular formula is C25H24F3NO2S2. The Labute approximate surface area is 199 Å². The van der Waals surface area contributed by atoms with E-state index in [-0.39, 0.29) is 5.97 Å². The molecule has 0 amide bonds. The number of ether oxygens (including phenoxy) is 1. The molecule has 33 heavy (non-hydrogen) atoms. The molecular weight excluding hydrogens is 467 g/mol. The van der Waals surface area contributed by atoms with Crippen molar-refractivity contribution < 1.29 is 22.7 Å². The van der Waals surface area contributed by atoms with Crippen molar-refractivity contribution in [3.05, 3.63) is 70.2 Å². The molecule has 0 radical (unpaired) electrons. The van der Waals surface area contributed by atoms with Gasteiger partial charge < -0.3 is 4.74 Å². The van der Waals surface area contributed by atoms with Crippen LogP contribution in [0.3, 0.4) is 0 Å². The van der Waals surface area contributed by atoms with Crippen LogP contribution in [-0.4, -0.2) is 18.1 Å². The number of thiazole rings is 1. The van der Waals surface area contributed by atoms with Gasteiger partial charge in [-0.05, 0) is 49.6 Å². The zero-order valence-electron chi connectivity index (χ0n) is 18.4. The fourth-order valence-corrected chi connectivity index (χ4v) is 6.40. The molecule has 1 saturated carbocycles. The molecule has 0 saturated heterocycles. The molecule has 0 atom stereocenters. The number of nitrogens with zero attached hydrogens (tertiary/aromatic N) is 1. The van der Waals surface area contributed by atoms with Crippen molar-refractivity contribution in [2.24, 2.45) is 0 Å². The van der Waals surface area contributed by atoms with Crippen LogP contribution in [-0.2, 0) is 26.9 Å². The van der Waals surface area contributed by atoms with Gasteiger partial charge in [0.1, 0.15) is 5.01 Å². The molecule has 3 aromatic rings. The van der Waals surface area contributed by atoms with E-state index in [2.05, 4.69) is 4.98 Å². The maximum atomic E-state index is 12.8. The summed E-state index contributed by atoms with van der Waals surface area (Å²) >= 11 is 3.17. The van der Waals surface area contributed by atoms with E-state index < -0.39 is 17.2 Å². The van der Waals surface area contributed by atoms with Crippen LogP contribution in [0.25, 0.3) is 10.6 Å². The topological polar surface area (TPSA) is 39.2 Å². The average molecular weight is 492 g/mol. The van der Waals surface area contributed by atoms with Gasteiger partial charge in [0.05, 0.1) is 23.8 Å². The van der Waals surface area contributed by atoms with Crippen LogP contribution in [0.4, 0.5) is 13.2 Å². The number of aryl methyl sites for hydroxylation is 1. The van der Waals surface area contributed by atoms with Gasteiger partial charge in [0, 0.05) is 21.1 Å². The van der Waals surface area contributed by atoms with Gasteiger partial charge in [-0.2, -0.15) is 13.2 Å². The van der Waals surface area contributed by atoms with E-state index in [1.807, 2.05) is 31.2 Å². The summed E-state index contributed by atoms with van der Waals surface area (Å²) in [6.07, 6.45) is -0.657. The molecule has 1 aliphatic carbocycles. The molecule has 3 nitrogen and oxygen atoms in total. The van der Waals surface area contributed by atoms with Gasteiger partial charge in [-0.25, -0.2) is 4.98 Å². The van der Waals surface area contributed by atoms with Crippen molar-refractivity contribution in [1.29, 1.82) is 0 Å². The third-order valence-corrected chi connectivity index (χ3v) is 8.59. The molecule has 174 valence electrons. The summed E-state index contributed by atoms with van der Waals surface area (Å²) in [5, 5.41) is 0.716. The molecule has 1 aliphatic rings. The van der Waals surface area contributed by atoms with Gasteiger partial charge in [0.15, 0.2) is 0 Å². The molecule has 1 fully saturated rings. The lowest BCUT2D eigenvalue weighted by Gasteiger charge is -2.26. The first-order valence-electron chi connectivity index (χ1n) is 10.7. The highest BCUT2D eigenvalue weighted by atomic mass is 32.2. The third kappa shape index (κ3) is 4.96. The Morgan fingerprint density at radius 1 is 1.09 bits per heavy atom. The second-order valence-electron chi connectivity index (χ2n) is 8.20. The van der Waals surface area contributed by atoms with E-state index in [1.165, 1.54) is 30.6 Å². The monoisotopic (exact) mass is 491 g/mol. The molecule has 8 heteroatoms. The zero-order valence-corrected chi connectivity index (χ0v) is 20.0. The predicted octanol–water partition coefficient (Wildman–Crippen LogP) is 7.41. The number of methoxy groups -OCH3 is 1. The van der Waals surface area contributed by atoms with Crippen LogP contribution in [0.15, 0.2) is 53.4 Å². The molecule has 0 aliphatic heterocycles. The largest absolute Gasteiger partial charge is 0.468 e. The highest BCUT2D eigenvalue weighted by molar-refractivity contribution is 7.98. The number of hydrogen-bond donors (Lipinski definition) is 0. The summed E-state index contributed by atoms with van der Waals surface area (Å²) < 4.78 is 43.5. The van der Waals surface area contributed by atoms with Gasteiger partial charge in [0.2, 0.25) is 0 Å². The number of hydrogen-bond acceptors (Lipinski definition) is 5. The minimum atomic E-state index is -4.34. The van der Waals surface area contributed by atoms with E-state index in [4.69, 9.17) is 4.74 Å². The lowest BCUT2D eigenvalue weighted by molar-refractivity contribution is -0.147. The normalized spacial score (nSPS) is 15.5. The van der Waals surface area contributed by atoms with Crippen molar-refractivity contribution in [2.45, 2.75) is 54.8 Å². The lowest BCUT2D eigenvalue weighted by atomic mass is 9.79. The molecule has 0 bridgehead atoms. The number of benzene rings is 2. The number of esters is 1. The standard InChI is InChI=1S/C25H24F3NO2S2/c1-16-21(33-22(29-16)17-5-7-19(8-6-17)25(26,27)28)15-32-20-11-9-18(10-12-20)24(23(30)31-2)13-3-4-14-24/h5-12H,3-4,13-15H2,1-2H3. The van der Waals surface area contributed by atoms with Gasteiger partial charge in [0.25, 0.3) is 0 Å². The Hall–Kier alpha value is -2.32. The third-order valence-electron chi connectivity index (χ3n) is 6.16. The molecule has 2 aromatic carbocycles. The van der Waals surface area contributed by atoms with Crippen molar-refractivity contribution in [3.63, 3.8) is 0 Å². The Bertz CT molecular complexity index is 1120. The first kappa shape index (κ1) is 23.8. The summed E-state index contributed by atoms with van der Waals surface area (Å²) in [6, 6.07) is 13.2. The van der Waals surface area contributed by atoms with Crippen LogP contribution in [0.1, 0.15) is 47.4 Å². The van der Waals surface area contributed by atoms with Gasteiger partial charge >= 0.3 is 12.1 Å². The van der Waals surface area contributed by atoms with Crippen LogP contribution < -0.4 is 0 Å². The smallest absolute Gasteiger partial charge is 0.416 e. The first-order chi connectivity index (χ1) is 15.7. The Balaban J connectivity index is 1.45.